The molecule has 1 heterocycles. The minimum atomic E-state index is 0.156. The largest absolute Gasteiger partial charge is 0.395 e. The lowest BCUT2D eigenvalue weighted by molar-refractivity contribution is 0.303. The van der Waals surface area contributed by atoms with E-state index in [0.29, 0.717) is 6.54 Å². The molecule has 0 aromatic carbocycles. The van der Waals surface area contributed by atoms with Gasteiger partial charge in [0.2, 0.25) is 5.95 Å². The van der Waals surface area contributed by atoms with Gasteiger partial charge in [0.25, 0.3) is 0 Å². The van der Waals surface area contributed by atoms with Crippen LogP contribution < -0.4 is 4.90 Å². The standard InChI is InChI=1S/C7H13N3O/c1-9-4-3-8-7(9)10(2)5-6-11/h3-4,11H,5-6H2,1-2H3. The van der Waals surface area contributed by atoms with Gasteiger partial charge in [-0.1, -0.05) is 0 Å². The lowest BCUT2D eigenvalue weighted by Crippen LogP contribution is -2.23. The van der Waals surface area contributed by atoms with Crippen molar-refractivity contribution in [1.82, 2.24) is 9.55 Å². The highest BCUT2D eigenvalue weighted by molar-refractivity contribution is 5.28. The molecule has 1 rings (SSSR count). The zero-order valence-corrected chi connectivity index (χ0v) is 6.86. The third kappa shape index (κ3) is 1.71. The zero-order chi connectivity index (χ0) is 8.27. The van der Waals surface area contributed by atoms with Crippen LogP contribution in [0.4, 0.5) is 5.95 Å². The highest BCUT2D eigenvalue weighted by Crippen LogP contribution is 2.05. The molecular weight excluding hydrogens is 142 g/mol. The number of aromatic nitrogens is 2. The Balaban J connectivity index is 2.67. The molecule has 0 fully saturated rings. The molecule has 11 heavy (non-hydrogen) atoms. The molecule has 1 N–H and O–H groups in total. The van der Waals surface area contributed by atoms with Gasteiger partial charge in [-0.15, -0.1) is 0 Å². The number of anilines is 1. The van der Waals surface area contributed by atoms with Crippen LogP contribution in [0.3, 0.4) is 0 Å². The number of imidazole rings is 1. The van der Waals surface area contributed by atoms with Crippen LogP contribution in [0, 0.1) is 0 Å². The fraction of sp³-hybridized carbons (Fsp3) is 0.571. The van der Waals surface area contributed by atoms with Crippen molar-refractivity contribution in [2.45, 2.75) is 0 Å². The van der Waals surface area contributed by atoms with Gasteiger partial charge < -0.3 is 14.6 Å². The highest BCUT2D eigenvalue weighted by Gasteiger charge is 2.03. The van der Waals surface area contributed by atoms with E-state index in [1.54, 1.807) is 6.20 Å². The Morgan fingerprint density at radius 1 is 1.73 bits per heavy atom. The summed E-state index contributed by atoms with van der Waals surface area (Å²) < 4.78 is 1.91. The second kappa shape index (κ2) is 3.39. The van der Waals surface area contributed by atoms with Gasteiger partial charge in [0.1, 0.15) is 0 Å². The molecule has 0 aliphatic heterocycles. The normalized spacial score (nSPS) is 10.1. The van der Waals surface area contributed by atoms with E-state index >= 15 is 0 Å². The molecule has 1 aromatic heterocycles. The second-order valence-corrected chi connectivity index (χ2v) is 2.48. The third-order valence-electron chi connectivity index (χ3n) is 1.57. The van der Waals surface area contributed by atoms with E-state index in [4.69, 9.17) is 5.11 Å². The highest BCUT2D eigenvalue weighted by atomic mass is 16.3. The van der Waals surface area contributed by atoms with Crippen molar-refractivity contribution in [3.8, 4) is 0 Å². The van der Waals surface area contributed by atoms with Crippen LogP contribution in [0.2, 0.25) is 0 Å². The van der Waals surface area contributed by atoms with E-state index in [-0.39, 0.29) is 6.61 Å². The van der Waals surface area contributed by atoms with Gasteiger partial charge in [0.05, 0.1) is 6.61 Å². The fourth-order valence-electron chi connectivity index (χ4n) is 0.976. The Labute approximate surface area is 66.1 Å². The SMILES string of the molecule is CN(CCO)c1nccn1C. The lowest BCUT2D eigenvalue weighted by atomic mass is 10.6. The average Bonchev–Trinajstić information content (AvgIpc) is 2.36. The van der Waals surface area contributed by atoms with Gasteiger partial charge in [-0.2, -0.15) is 0 Å². The van der Waals surface area contributed by atoms with Gasteiger partial charge in [0, 0.05) is 33.0 Å². The summed E-state index contributed by atoms with van der Waals surface area (Å²) in [7, 11) is 3.83. The molecule has 0 atom stereocenters. The van der Waals surface area contributed by atoms with Crippen molar-refractivity contribution >= 4 is 5.95 Å². The topological polar surface area (TPSA) is 41.3 Å². The summed E-state index contributed by atoms with van der Waals surface area (Å²) in [6.45, 7) is 0.772. The molecule has 62 valence electrons. The summed E-state index contributed by atoms with van der Waals surface area (Å²) >= 11 is 0. The molecule has 1 aromatic rings. The maximum atomic E-state index is 8.65. The minimum absolute atomic E-state index is 0.156. The smallest absolute Gasteiger partial charge is 0.204 e. The first-order chi connectivity index (χ1) is 5.25. The molecule has 0 radical (unpaired) electrons. The first-order valence-corrected chi connectivity index (χ1v) is 3.55. The summed E-state index contributed by atoms with van der Waals surface area (Å²) in [4.78, 5) is 6.01. The van der Waals surface area contributed by atoms with Crippen LogP contribution in [0.25, 0.3) is 0 Å². The van der Waals surface area contributed by atoms with Gasteiger partial charge in [0.15, 0.2) is 0 Å². The molecule has 0 spiro atoms. The zero-order valence-electron chi connectivity index (χ0n) is 6.86. The summed E-state index contributed by atoms with van der Waals surface area (Å²) in [5, 5.41) is 8.65. The van der Waals surface area contributed by atoms with Gasteiger partial charge in [-0.3, -0.25) is 0 Å². The Morgan fingerprint density at radius 3 is 2.91 bits per heavy atom. The minimum Gasteiger partial charge on any atom is -0.395 e. The van der Waals surface area contributed by atoms with E-state index in [9.17, 15) is 0 Å². The number of aryl methyl sites for hydroxylation is 1. The molecule has 4 nitrogen and oxygen atoms in total. The van der Waals surface area contributed by atoms with Crippen LogP contribution >= 0.6 is 0 Å². The summed E-state index contributed by atoms with van der Waals surface area (Å²) in [5.41, 5.74) is 0. The van der Waals surface area contributed by atoms with E-state index in [1.165, 1.54) is 0 Å². The lowest BCUT2D eigenvalue weighted by Gasteiger charge is -2.15. The van der Waals surface area contributed by atoms with Gasteiger partial charge in [-0.25, -0.2) is 4.98 Å². The monoisotopic (exact) mass is 155 g/mol. The quantitative estimate of drug-likeness (QED) is 0.660. The molecular formula is C7H13N3O. The molecule has 4 heteroatoms. The van der Waals surface area contributed by atoms with Crippen LogP contribution in [0.5, 0.6) is 0 Å². The van der Waals surface area contributed by atoms with Crippen molar-refractivity contribution in [3.63, 3.8) is 0 Å². The Kier molecular flexibility index (Phi) is 2.48. The van der Waals surface area contributed by atoms with Crippen LogP contribution in [0.15, 0.2) is 12.4 Å². The molecule has 0 saturated heterocycles. The van der Waals surface area contributed by atoms with E-state index in [2.05, 4.69) is 4.98 Å². The molecule has 0 aliphatic rings. The van der Waals surface area contributed by atoms with E-state index < -0.39 is 0 Å². The van der Waals surface area contributed by atoms with Crippen LogP contribution in [-0.2, 0) is 7.05 Å². The fourth-order valence-corrected chi connectivity index (χ4v) is 0.976. The maximum absolute atomic E-state index is 8.65. The Bertz CT molecular complexity index is 221. The molecule has 0 bridgehead atoms. The number of likely N-dealkylation sites (N-methyl/N-ethyl adjacent to an activating group) is 1. The number of nitrogens with zero attached hydrogens (tertiary/aromatic N) is 3. The maximum Gasteiger partial charge on any atom is 0.204 e. The predicted molar refractivity (Wildman–Crippen MR) is 43.6 cm³/mol. The van der Waals surface area contributed by atoms with E-state index in [0.717, 1.165) is 5.95 Å². The van der Waals surface area contributed by atoms with Crippen LogP contribution in [-0.4, -0.2) is 34.9 Å². The molecule has 0 amide bonds. The number of hydrogen-bond donors (Lipinski definition) is 1. The summed E-state index contributed by atoms with van der Waals surface area (Å²) in [6, 6.07) is 0. The Morgan fingerprint density at radius 2 is 2.45 bits per heavy atom. The number of hydrogen-bond acceptors (Lipinski definition) is 3. The van der Waals surface area contributed by atoms with Crippen molar-refractivity contribution in [1.29, 1.82) is 0 Å². The summed E-state index contributed by atoms with van der Waals surface area (Å²) in [5.74, 6) is 0.874. The number of rotatable bonds is 3. The van der Waals surface area contributed by atoms with Gasteiger partial charge >= 0.3 is 0 Å². The molecule has 0 unspecified atom stereocenters. The van der Waals surface area contributed by atoms with Crippen LogP contribution in [0.1, 0.15) is 0 Å². The third-order valence-corrected chi connectivity index (χ3v) is 1.57. The van der Waals surface area contributed by atoms with Crippen molar-refractivity contribution in [2.75, 3.05) is 25.1 Å². The number of aliphatic hydroxyl groups excluding tert-OH is 1. The predicted octanol–water partition coefficient (Wildman–Crippen LogP) is -0.151. The van der Waals surface area contributed by atoms with Crippen molar-refractivity contribution in [3.05, 3.63) is 12.4 Å². The molecule has 0 saturated carbocycles. The average molecular weight is 155 g/mol. The first kappa shape index (κ1) is 8.07. The second-order valence-electron chi connectivity index (χ2n) is 2.48. The van der Waals surface area contributed by atoms with Gasteiger partial charge in [-0.05, 0) is 0 Å². The van der Waals surface area contributed by atoms with Crippen molar-refractivity contribution < 1.29 is 5.11 Å². The van der Waals surface area contributed by atoms with Crippen molar-refractivity contribution in [2.24, 2.45) is 7.05 Å². The number of aliphatic hydroxyl groups is 1. The van der Waals surface area contributed by atoms with E-state index in [1.807, 2.05) is 29.8 Å². The first-order valence-electron chi connectivity index (χ1n) is 3.55. The summed E-state index contributed by atoms with van der Waals surface area (Å²) in [6.07, 6.45) is 3.62. The Hall–Kier alpha value is -1.03. The molecule has 0 aliphatic carbocycles.